The smallest absolute Gasteiger partial charge is 0.267 e. The fourth-order valence-electron chi connectivity index (χ4n) is 3.43. The Morgan fingerprint density at radius 1 is 1.03 bits per heavy atom. The number of aliphatic imine (C=N–C) groups is 1. The third-order valence-electron chi connectivity index (χ3n) is 5.19. The van der Waals surface area contributed by atoms with E-state index in [1.165, 1.54) is 30.4 Å². The van der Waals surface area contributed by atoms with Crippen LogP contribution in [-0.2, 0) is 11.3 Å². The van der Waals surface area contributed by atoms with Crippen LogP contribution in [0, 0.1) is 0 Å². The summed E-state index contributed by atoms with van der Waals surface area (Å²) in [6.45, 7) is 1.96. The van der Waals surface area contributed by atoms with Crippen LogP contribution in [0.4, 0.5) is 11.4 Å². The molecule has 0 atom stereocenters. The van der Waals surface area contributed by atoms with Crippen LogP contribution >= 0.6 is 23.5 Å². The van der Waals surface area contributed by atoms with Gasteiger partial charge in [-0.25, -0.2) is 4.99 Å². The summed E-state index contributed by atoms with van der Waals surface area (Å²) in [5, 5.41) is 2.50. The van der Waals surface area contributed by atoms with Crippen LogP contribution < -0.4 is 4.90 Å². The van der Waals surface area contributed by atoms with Gasteiger partial charge in [-0.3, -0.25) is 14.5 Å². The van der Waals surface area contributed by atoms with Gasteiger partial charge >= 0.3 is 0 Å². The summed E-state index contributed by atoms with van der Waals surface area (Å²) >= 11 is 2.88. The molecule has 0 bridgehead atoms. The minimum absolute atomic E-state index is 0.0186. The Morgan fingerprint density at radius 3 is 2.50 bits per heavy atom. The fourth-order valence-corrected chi connectivity index (χ4v) is 5.43. The van der Waals surface area contributed by atoms with E-state index in [0.29, 0.717) is 27.9 Å². The molecule has 0 N–H and O–H groups in total. The van der Waals surface area contributed by atoms with E-state index in [1.807, 2.05) is 80.2 Å². The molecule has 0 spiro atoms. The first-order valence-electron chi connectivity index (χ1n) is 10.8. The Morgan fingerprint density at radius 2 is 1.76 bits per heavy atom. The van der Waals surface area contributed by atoms with Crippen molar-refractivity contribution in [1.82, 2.24) is 4.90 Å². The highest BCUT2D eigenvalue weighted by atomic mass is 32.2. The van der Waals surface area contributed by atoms with Crippen LogP contribution in [-0.4, -0.2) is 35.9 Å². The van der Waals surface area contributed by atoms with Gasteiger partial charge in [-0.05, 0) is 53.9 Å². The molecule has 5 nitrogen and oxygen atoms in total. The van der Waals surface area contributed by atoms with Crippen molar-refractivity contribution in [3.8, 4) is 0 Å². The summed E-state index contributed by atoms with van der Waals surface area (Å²) in [4.78, 5) is 35.4. The van der Waals surface area contributed by atoms with E-state index in [2.05, 4.69) is 11.0 Å². The molecule has 0 unspecified atom stereocenters. The molecule has 172 valence electrons. The Bertz CT molecular complexity index is 1270. The lowest BCUT2D eigenvalue weighted by Crippen LogP contribution is -2.28. The number of rotatable bonds is 7. The van der Waals surface area contributed by atoms with Gasteiger partial charge in [0.15, 0.2) is 11.0 Å². The zero-order valence-corrected chi connectivity index (χ0v) is 20.9. The molecule has 34 heavy (non-hydrogen) atoms. The predicted octanol–water partition coefficient (Wildman–Crippen LogP) is 6.35. The molecule has 1 saturated heterocycles. The van der Waals surface area contributed by atoms with Gasteiger partial charge in [0.1, 0.15) is 0 Å². The molecule has 0 aromatic heterocycles. The molecule has 1 fully saturated rings. The average Bonchev–Trinajstić information content (AvgIpc) is 3.12. The summed E-state index contributed by atoms with van der Waals surface area (Å²) in [5.74, 6) is -0.0972. The lowest BCUT2D eigenvalue weighted by atomic mass is 10.1. The second-order valence-electron chi connectivity index (χ2n) is 7.94. The predicted molar refractivity (Wildman–Crippen MR) is 143 cm³/mol. The summed E-state index contributed by atoms with van der Waals surface area (Å²) in [7, 11) is 4.01. The third kappa shape index (κ3) is 5.61. The molecule has 7 heteroatoms. The second kappa shape index (κ2) is 10.8. The lowest BCUT2D eigenvalue weighted by molar-refractivity contribution is -0.122. The van der Waals surface area contributed by atoms with E-state index in [1.54, 1.807) is 17.0 Å². The van der Waals surface area contributed by atoms with Gasteiger partial charge in [0.25, 0.3) is 5.91 Å². The number of Topliss-reactive ketones (excluding diaryl/α,β-unsaturated/α-hetero) is 1. The maximum atomic E-state index is 13.4. The van der Waals surface area contributed by atoms with Gasteiger partial charge in [-0.1, -0.05) is 66.4 Å². The fraction of sp³-hybridized carbons (Fsp3) is 0.148. The Hall–Kier alpha value is -3.29. The lowest BCUT2D eigenvalue weighted by Gasteiger charge is -2.16. The minimum Gasteiger partial charge on any atom is -0.377 e. The number of benzene rings is 3. The van der Waals surface area contributed by atoms with E-state index in [4.69, 9.17) is 4.99 Å². The first-order chi connectivity index (χ1) is 16.4. The van der Waals surface area contributed by atoms with Crippen molar-refractivity contribution >= 4 is 51.8 Å². The molecule has 0 aliphatic carbocycles. The Labute approximate surface area is 208 Å². The number of carbonyl (C=O) groups excluding carboxylic acids is 2. The van der Waals surface area contributed by atoms with Crippen LogP contribution in [0.5, 0.6) is 0 Å². The largest absolute Gasteiger partial charge is 0.377 e. The van der Waals surface area contributed by atoms with Gasteiger partial charge in [-0.2, -0.15) is 0 Å². The molecule has 0 radical (unpaired) electrons. The molecule has 3 aromatic rings. The van der Waals surface area contributed by atoms with Crippen molar-refractivity contribution in [1.29, 1.82) is 0 Å². The highest BCUT2D eigenvalue weighted by Gasteiger charge is 2.33. The highest BCUT2D eigenvalue weighted by Crippen LogP contribution is 2.38. The number of hydrogen-bond donors (Lipinski definition) is 0. The third-order valence-corrected chi connectivity index (χ3v) is 7.30. The van der Waals surface area contributed by atoms with Gasteiger partial charge < -0.3 is 4.90 Å². The van der Waals surface area contributed by atoms with Gasteiger partial charge in [-0.15, -0.1) is 0 Å². The first-order valence-corrected chi connectivity index (χ1v) is 12.5. The van der Waals surface area contributed by atoms with Gasteiger partial charge in [0, 0.05) is 24.6 Å². The molecule has 0 saturated carbocycles. The van der Waals surface area contributed by atoms with Crippen LogP contribution in [0.3, 0.4) is 0 Å². The molecule has 1 heterocycles. The quantitative estimate of drug-likeness (QED) is 0.221. The van der Waals surface area contributed by atoms with Crippen molar-refractivity contribution in [2.45, 2.75) is 18.4 Å². The first kappa shape index (κ1) is 23.9. The van der Waals surface area contributed by atoms with Crippen molar-refractivity contribution < 1.29 is 9.59 Å². The van der Waals surface area contributed by atoms with E-state index >= 15 is 0 Å². The number of anilines is 1. The zero-order chi connectivity index (χ0) is 24.1. The summed E-state index contributed by atoms with van der Waals surface area (Å²) in [5.41, 5.74) is 3.36. The molecule has 1 aliphatic rings. The summed E-state index contributed by atoms with van der Waals surface area (Å²) in [6.07, 6.45) is 0. The van der Waals surface area contributed by atoms with E-state index in [9.17, 15) is 9.59 Å². The number of ketones is 1. The topological polar surface area (TPSA) is 53.0 Å². The summed E-state index contributed by atoms with van der Waals surface area (Å²) < 4.78 is 0. The normalized spacial score (nSPS) is 15.9. The monoisotopic (exact) mass is 487 g/mol. The number of amides is 1. The Kier molecular flexibility index (Phi) is 7.55. The maximum absolute atomic E-state index is 13.4. The van der Waals surface area contributed by atoms with Crippen molar-refractivity contribution in [2.24, 2.45) is 4.99 Å². The highest BCUT2D eigenvalue weighted by molar-refractivity contribution is 8.19. The molecule has 4 rings (SSSR count). The second-order valence-corrected chi connectivity index (χ2v) is 9.86. The standard InChI is InChI=1S/C27H25N3O2S2/c1-19(31)21-12-9-13-22(16-21)28-27-30(17-20-10-5-4-6-11-20)26(32)25(34-27)18-33-24-15-8-7-14-23(24)29(2)3/h4-16,18H,17H2,1-3H3/b25-18-,28-27?. The molecule has 1 amide bonds. The number of hydrogen-bond acceptors (Lipinski definition) is 6. The molecule has 3 aromatic carbocycles. The number of amidine groups is 1. The molecular weight excluding hydrogens is 462 g/mol. The zero-order valence-electron chi connectivity index (χ0n) is 19.3. The van der Waals surface area contributed by atoms with Crippen molar-refractivity contribution in [2.75, 3.05) is 19.0 Å². The van der Waals surface area contributed by atoms with Crippen LogP contribution in [0.15, 0.2) is 99.1 Å². The van der Waals surface area contributed by atoms with Crippen LogP contribution in [0.2, 0.25) is 0 Å². The van der Waals surface area contributed by atoms with E-state index in [0.717, 1.165) is 16.1 Å². The molecular formula is C27H25N3O2S2. The Balaban J connectivity index is 1.67. The van der Waals surface area contributed by atoms with Gasteiger partial charge in [0.05, 0.1) is 22.8 Å². The minimum atomic E-state index is -0.0786. The number of carbonyl (C=O) groups is 2. The van der Waals surface area contributed by atoms with Gasteiger partial charge in [0.2, 0.25) is 0 Å². The van der Waals surface area contributed by atoms with Crippen LogP contribution in [0.25, 0.3) is 0 Å². The van der Waals surface area contributed by atoms with Crippen LogP contribution in [0.1, 0.15) is 22.8 Å². The van der Waals surface area contributed by atoms with Crippen molar-refractivity contribution in [3.05, 3.63) is 100 Å². The SMILES string of the molecule is CC(=O)c1cccc(N=C2S/C(=C\Sc3ccccc3N(C)C)C(=O)N2Cc2ccccc2)c1. The summed E-state index contributed by atoms with van der Waals surface area (Å²) in [6, 6.07) is 25.1. The number of thioether (sulfide) groups is 2. The average molecular weight is 488 g/mol. The van der Waals surface area contributed by atoms with E-state index in [-0.39, 0.29) is 11.7 Å². The number of nitrogens with zero attached hydrogens (tertiary/aromatic N) is 3. The maximum Gasteiger partial charge on any atom is 0.267 e. The molecule has 1 aliphatic heterocycles. The number of para-hydroxylation sites is 1. The van der Waals surface area contributed by atoms with Crippen molar-refractivity contribution in [3.63, 3.8) is 0 Å². The van der Waals surface area contributed by atoms with E-state index < -0.39 is 0 Å².